The molecular weight excluding hydrogens is 416 g/mol. The van der Waals surface area contributed by atoms with Gasteiger partial charge in [-0.25, -0.2) is 0 Å². The highest BCUT2D eigenvalue weighted by Gasteiger charge is 2.14. The Morgan fingerprint density at radius 2 is 1.54 bits per heavy atom. The molecule has 1 N–H and O–H groups in total. The SMILES string of the molecule is O=c1c(CN(Cc2ccccn2)Cc2ccccn2)c[nH]c2c(Br)cccc12. The molecule has 1 aromatic carbocycles. The van der Waals surface area contributed by atoms with Gasteiger partial charge < -0.3 is 4.98 Å². The minimum Gasteiger partial charge on any atom is -0.360 e. The van der Waals surface area contributed by atoms with Crippen LogP contribution in [0.25, 0.3) is 10.9 Å². The van der Waals surface area contributed by atoms with Crippen LogP contribution in [0, 0.1) is 0 Å². The normalized spacial score (nSPS) is 11.2. The van der Waals surface area contributed by atoms with Gasteiger partial charge in [0.15, 0.2) is 5.43 Å². The number of pyridine rings is 3. The van der Waals surface area contributed by atoms with Gasteiger partial charge in [-0.2, -0.15) is 0 Å². The Morgan fingerprint density at radius 1 is 0.857 bits per heavy atom. The van der Waals surface area contributed by atoms with E-state index in [0.717, 1.165) is 26.9 Å². The second kappa shape index (κ2) is 8.46. The fraction of sp³-hybridized carbons (Fsp3) is 0.136. The summed E-state index contributed by atoms with van der Waals surface area (Å²) in [7, 11) is 0. The van der Waals surface area contributed by atoms with Crippen molar-refractivity contribution in [2.24, 2.45) is 0 Å². The van der Waals surface area contributed by atoms with Gasteiger partial charge in [-0.3, -0.25) is 19.7 Å². The highest BCUT2D eigenvalue weighted by Crippen LogP contribution is 2.20. The lowest BCUT2D eigenvalue weighted by molar-refractivity contribution is 0.241. The Morgan fingerprint density at radius 3 is 2.14 bits per heavy atom. The molecule has 28 heavy (non-hydrogen) atoms. The van der Waals surface area contributed by atoms with Crippen LogP contribution in [0.4, 0.5) is 0 Å². The van der Waals surface area contributed by atoms with Gasteiger partial charge in [-0.05, 0) is 52.3 Å². The number of nitrogens with one attached hydrogen (secondary N) is 1. The molecule has 0 bridgehead atoms. The van der Waals surface area contributed by atoms with Gasteiger partial charge >= 0.3 is 0 Å². The lowest BCUT2D eigenvalue weighted by Crippen LogP contribution is -2.26. The van der Waals surface area contributed by atoms with Crippen molar-refractivity contribution in [1.29, 1.82) is 0 Å². The summed E-state index contributed by atoms with van der Waals surface area (Å²) in [6.07, 6.45) is 5.38. The summed E-state index contributed by atoms with van der Waals surface area (Å²) in [6.45, 7) is 1.77. The molecule has 0 amide bonds. The maximum atomic E-state index is 13.0. The largest absolute Gasteiger partial charge is 0.360 e. The van der Waals surface area contributed by atoms with Gasteiger partial charge in [0.1, 0.15) is 0 Å². The summed E-state index contributed by atoms with van der Waals surface area (Å²) in [5.41, 5.74) is 3.49. The predicted molar refractivity (Wildman–Crippen MR) is 114 cm³/mol. The molecule has 0 aliphatic heterocycles. The average Bonchev–Trinajstić information content (AvgIpc) is 2.72. The number of H-pyrrole nitrogens is 1. The standard InChI is InChI=1S/C22H19BrN4O/c23-20-9-5-8-19-21(20)26-12-16(22(19)28)13-27(14-17-6-1-3-10-24-17)15-18-7-2-4-11-25-18/h1-12H,13-15H2,(H,26,28). The third-order valence-electron chi connectivity index (χ3n) is 4.56. The Hall–Kier alpha value is -2.83. The van der Waals surface area contributed by atoms with Crippen molar-refractivity contribution in [1.82, 2.24) is 19.9 Å². The maximum absolute atomic E-state index is 13.0. The minimum atomic E-state index is 0.0436. The molecule has 3 heterocycles. The van der Waals surface area contributed by atoms with E-state index in [1.807, 2.05) is 54.6 Å². The number of halogens is 1. The summed E-state index contributed by atoms with van der Waals surface area (Å²) in [5, 5.41) is 0.683. The second-order valence-corrected chi connectivity index (χ2v) is 7.45. The quantitative estimate of drug-likeness (QED) is 0.491. The van der Waals surface area contributed by atoms with E-state index in [0.29, 0.717) is 25.0 Å². The number of aromatic nitrogens is 3. The van der Waals surface area contributed by atoms with Crippen LogP contribution in [0.5, 0.6) is 0 Å². The van der Waals surface area contributed by atoms with Crippen molar-refractivity contribution in [2.45, 2.75) is 19.6 Å². The Kier molecular flexibility index (Phi) is 5.60. The summed E-state index contributed by atoms with van der Waals surface area (Å²) in [5.74, 6) is 0. The second-order valence-electron chi connectivity index (χ2n) is 6.59. The van der Waals surface area contributed by atoms with Gasteiger partial charge in [0, 0.05) is 53.6 Å². The van der Waals surface area contributed by atoms with E-state index in [1.54, 1.807) is 18.6 Å². The van der Waals surface area contributed by atoms with Crippen molar-refractivity contribution >= 4 is 26.8 Å². The lowest BCUT2D eigenvalue weighted by atomic mass is 10.1. The molecule has 0 aliphatic carbocycles. The van der Waals surface area contributed by atoms with Gasteiger partial charge in [-0.15, -0.1) is 0 Å². The topological polar surface area (TPSA) is 61.9 Å². The summed E-state index contributed by atoms with van der Waals surface area (Å²) in [4.78, 5) is 27.3. The van der Waals surface area contributed by atoms with E-state index in [2.05, 4.69) is 35.8 Å². The van der Waals surface area contributed by atoms with Crippen LogP contribution in [0.1, 0.15) is 17.0 Å². The number of fused-ring (bicyclic) bond motifs is 1. The first-order valence-electron chi connectivity index (χ1n) is 9.01. The first-order chi connectivity index (χ1) is 13.7. The predicted octanol–water partition coefficient (Wildman–Crippen LogP) is 4.28. The van der Waals surface area contributed by atoms with E-state index in [-0.39, 0.29) is 5.43 Å². The maximum Gasteiger partial charge on any atom is 0.193 e. The summed E-state index contributed by atoms with van der Waals surface area (Å²) in [6, 6.07) is 17.4. The van der Waals surface area contributed by atoms with Crippen LogP contribution >= 0.6 is 15.9 Å². The molecule has 0 unspecified atom stereocenters. The van der Waals surface area contributed by atoms with Gasteiger partial charge in [0.25, 0.3) is 0 Å². The zero-order chi connectivity index (χ0) is 19.3. The summed E-state index contributed by atoms with van der Waals surface area (Å²) < 4.78 is 0.882. The van der Waals surface area contributed by atoms with Crippen LogP contribution < -0.4 is 5.43 Å². The monoisotopic (exact) mass is 434 g/mol. The zero-order valence-electron chi connectivity index (χ0n) is 15.2. The smallest absolute Gasteiger partial charge is 0.193 e. The number of nitrogens with zero attached hydrogens (tertiary/aromatic N) is 3. The fourth-order valence-corrected chi connectivity index (χ4v) is 3.71. The molecule has 4 rings (SSSR count). The molecule has 0 saturated heterocycles. The van der Waals surface area contributed by atoms with Crippen LogP contribution in [0.2, 0.25) is 0 Å². The fourth-order valence-electron chi connectivity index (χ4n) is 3.23. The number of hydrogen-bond acceptors (Lipinski definition) is 4. The molecule has 6 heteroatoms. The van der Waals surface area contributed by atoms with E-state index < -0.39 is 0 Å². The Balaban J connectivity index is 1.66. The molecule has 0 spiro atoms. The highest BCUT2D eigenvalue weighted by molar-refractivity contribution is 9.10. The Labute approximate surface area is 171 Å². The van der Waals surface area contributed by atoms with Crippen LogP contribution in [-0.2, 0) is 19.6 Å². The summed E-state index contributed by atoms with van der Waals surface area (Å²) >= 11 is 3.50. The Bertz CT molecular complexity index is 1090. The molecule has 5 nitrogen and oxygen atoms in total. The molecular formula is C22H19BrN4O. The lowest BCUT2D eigenvalue weighted by Gasteiger charge is -2.21. The number of para-hydroxylation sites is 1. The van der Waals surface area contributed by atoms with Crippen molar-refractivity contribution < 1.29 is 0 Å². The third kappa shape index (κ3) is 4.18. The first-order valence-corrected chi connectivity index (χ1v) is 9.81. The van der Waals surface area contributed by atoms with Crippen LogP contribution in [0.15, 0.2) is 82.5 Å². The average molecular weight is 435 g/mol. The molecule has 0 radical (unpaired) electrons. The highest BCUT2D eigenvalue weighted by atomic mass is 79.9. The number of benzene rings is 1. The van der Waals surface area contributed by atoms with Crippen LogP contribution in [0.3, 0.4) is 0 Å². The number of aromatic amines is 1. The van der Waals surface area contributed by atoms with Crippen molar-refractivity contribution in [3.05, 3.63) is 105 Å². The number of hydrogen-bond donors (Lipinski definition) is 1. The van der Waals surface area contributed by atoms with Crippen molar-refractivity contribution in [2.75, 3.05) is 0 Å². The van der Waals surface area contributed by atoms with Gasteiger partial charge in [-0.1, -0.05) is 18.2 Å². The van der Waals surface area contributed by atoms with Gasteiger partial charge in [0.2, 0.25) is 0 Å². The van der Waals surface area contributed by atoms with Gasteiger partial charge in [0.05, 0.1) is 16.9 Å². The van der Waals surface area contributed by atoms with E-state index in [4.69, 9.17) is 0 Å². The van der Waals surface area contributed by atoms with Crippen LogP contribution in [-0.4, -0.2) is 19.9 Å². The van der Waals surface area contributed by atoms with E-state index in [1.165, 1.54) is 0 Å². The van der Waals surface area contributed by atoms with E-state index in [9.17, 15) is 4.79 Å². The number of rotatable bonds is 6. The first kappa shape index (κ1) is 18.5. The minimum absolute atomic E-state index is 0.0436. The molecule has 140 valence electrons. The molecule has 0 aliphatic rings. The molecule has 0 saturated carbocycles. The third-order valence-corrected chi connectivity index (χ3v) is 5.22. The van der Waals surface area contributed by atoms with E-state index >= 15 is 0 Å². The zero-order valence-corrected chi connectivity index (χ0v) is 16.8. The van der Waals surface area contributed by atoms with Crippen molar-refractivity contribution in [3.8, 4) is 0 Å². The molecule has 4 aromatic rings. The molecule has 0 fully saturated rings. The molecule has 3 aromatic heterocycles. The molecule has 0 atom stereocenters. The van der Waals surface area contributed by atoms with Crippen molar-refractivity contribution in [3.63, 3.8) is 0 Å².